The predicted octanol–water partition coefficient (Wildman–Crippen LogP) is 4.07. The van der Waals surface area contributed by atoms with Gasteiger partial charge in [-0.15, -0.1) is 0 Å². The number of fused-ring (bicyclic) bond motifs is 1. The average molecular weight is 356 g/mol. The minimum atomic E-state index is -0.434. The Bertz CT molecular complexity index is 823. The normalized spacial score (nSPS) is 20.1. The topological polar surface area (TPSA) is 56.3 Å². The highest BCUT2D eigenvalue weighted by Crippen LogP contribution is 2.32. The first-order chi connectivity index (χ1) is 12.5. The van der Waals surface area contributed by atoms with E-state index in [1.807, 2.05) is 11.8 Å². The predicted molar refractivity (Wildman–Crippen MR) is 98.1 cm³/mol. The minimum Gasteiger partial charge on any atom is -0.508 e. The molecule has 138 valence electrons. The van der Waals surface area contributed by atoms with Gasteiger partial charge in [0.15, 0.2) is 0 Å². The lowest BCUT2D eigenvalue weighted by Gasteiger charge is -2.33. The molecule has 4 nitrogen and oxygen atoms in total. The second-order valence-electron chi connectivity index (χ2n) is 7.62. The first-order valence-corrected chi connectivity index (χ1v) is 9.52. The summed E-state index contributed by atoms with van der Waals surface area (Å²) in [6.07, 6.45) is 6.22. The molecule has 2 aromatic rings. The van der Waals surface area contributed by atoms with Crippen LogP contribution in [0.15, 0.2) is 18.2 Å². The standard InChI is InChI=1S/C21H25FN2O2/c1-13-18-6-2-3-7-19(18)23-20(13)21(26)24-8-4-5-14(12-24)15-9-16(22)11-17(25)10-15/h9-11,14,23,25H,2-8,12H2,1H3. The van der Waals surface area contributed by atoms with Crippen molar-refractivity contribution in [3.05, 3.63) is 52.1 Å². The minimum absolute atomic E-state index is 0.0437. The number of carbonyl (C=O) groups excluding carboxylic acids is 1. The van der Waals surface area contributed by atoms with E-state index >= 15 is 0 Å². The van der Waals surface area contributed by atoms with E-state index in [4.69, 9.17) is 0 Å². The molecule has 1 fully saturated rings. The van der Waals surface area contributed by atoms with Crippen molar-refractivity contribution in [1.29, 1.82) is 0 Å². The van der Waals surface area contributed by atoms with E-state index in [0.29, 0.717) is 6.54 Å². The summed E-state index contributed by atoms with van der Waals surface area (Å²) in [5.41, 5.74) is 5.13. The molecule has 2 aliphatic rings. The summed E-state index contributed by atoms with van der Waals surface area (Å²) in [6, 6.07) is 4.19. The van der Waals surface area contributed by atoms with Crippen LogP contribution in [0.25, 0.3) is 0 Å². The molecule has 0 spiro atoms. The van der Waals surface area contributed by atoms with Crippen molar-refractivity contribution < 1.29 is 14.3 Å². The molecule has 1 saturated heterocycles. The van der Waals surface area contributed by atoms with Gasteiger partial charge in [0, 0.05) is 30.8 Å². The number of piperidine rings is 1. The quantitative estimate of drug-likeness (QED) is 0.852. The van der Waals surface area contributed by atoms with Crippen molar-refractivity contribution in [3.8, 4) is 5.75 Å². The van der Waals surface area contributed by atoms with Gasteiger partial charge in [-0.25, -0.2) is 4.39 Å². The van der Waals surface area contributed by atoms with E-state index in [2.05, 4.69) is 4.98 Å². The number of nitrogens with one attached hydrogen (secondary N) is 1. The van der Waals surface area contributed by atoms with Crippen LogP contribution >= 0.6 is 0 Å². The van der Waals surface area contributed by atoms with E-state index in [-0.39, 0.29) is 17.6 Å². The molecule has 26 heavy (non-hydrogen) atoms. The summed E-state index contributed by atoms with van der Waals surface area (Å²) in [7, 11) is 0. The highest BCUT2D eigenvalue weighted by Gasteiger charge is 2.29. The number of aromatic nitrogens is 1. The number of benzene rings is 1. The van der Waals surface area contributed by atoms with E-state index in [0.717, 1.165) is 55.1 Å². The van der Waals surface area contributed by atoms with Gasteiger partial charge in [-0.3, -0.25) is 4.79 Å². The smallest absolute Gasteiger partial charge is 0.270 e. The van der Waals surface area contributed by atoms with Crippen molar-refractivity contribution in [1.82, 2.24) is 9.88 Å². The second kappa shape index (κ2) is 6.78. The third kappa shape index (κ3) is 3.11. The van der Waals surface area contributed by atoms with Gasteiger partial charge >= 0.3 is 0 Å². The number of halogens is 1. The zero-order chi connectivity index (χ0) is 18.3. The molecule has 5 heteroatoms. The van der Waals surface area contributed by atoms with Gasteiger partial charge in [0.1, 0.15) is 17.3 Å². The lowest BCUT2D eigenvalue weighted by atomic mass is 9.90. The summed E-state index contributed by atoms with van der Waals surface area (Å²) in [6.45, 7) is 3.32. The third-order valence-corrected chi connectivity index (χ3v) is 5.87. The Morgan fingerprint density at radius 1 is 1.23 bits per heavy atom. The third-order valence-electron chi connectivity index (χ3n) is 5.87. The van der Waals surface area contributed by atoms with Gasteiger partial charge in [0.2, 0.25) is 0 Å². The van der Waals surface area contributed by atoms with Crippen molar-refractivity contribution in [2.45, 2.75) is 51.4 Å². The largest absolute Gasteiger partial charge is 0.508 e. The molecule has 1 amide bonds. The van der Waals surface area contributed by atoms with Crippen LogP contribution in [-0.4, -0.2) is 34.0 Å². The lowest BCUT2D eigenvalue weighted by molar-refractivity contribution is 0.0701. The maximum Gasteiger partial charge on any atom is 0.270 e. The SMILES string of the molecule is Cc1c(C(=O)N2CCCC(c3cc(O)cc(F)c3)C2)[nH]c2c1CCCC2. The van der Waals surface area contributed by atoms with Crippen molar-refractivity contribution >= 4 is 5.91 Å². The van der Waals surface area contributed by atoms with E-state index in [1.165, 1.54) is 30.2 Å². The molecule has 0 radical (unpaired) electrons. The number of aromatic hydroxyl groups is 1. The van der Waals surface area contributed by atoms with Crippen LogP contribution < -0.4 is 0 Å². The van der Waals surface area contributed by atoms with Crippen LogP contribution in [0.5, 0.6) is 5.75 Å². The Labute approximate surface area is 153 Å². The van der Waals surface area contributed by atoms with Crippen LogP contribution in [-0.2, 0) is 12.8 Å². The van der Waals surface area contributed by atoms with Crippen LogP contribution in [0.3, 0.4) is 0 Å². The average Bonchev–Trinajstić information content (AvgIpc) is 2.97. The molecule has 1 aliphatic carbocycles. The van der Waals surface area contributed by atoms with Gasteiger partial charge in [-0.1, -0.05) is 0 Å². The Balaban J connectivity index is 1.56. The fraction of sp³-hybridized carbons (Fsp3) is 0.476. The zero-order valence-corrected chi connectivity index (χ0v) is 15.1. The molecule has 1 aromatic heterocycles. The second-order valence-corrected chi connectivity index (χ2v) is 7.62. The first-order valence-electron chi connectivity index (χ1n) is 9.52. The number of hydrogen-bond acceptors (Lipinski definition) is 2. The summed E-state index contributed by atoms with van der Waals surface area (Å²) in [4.78, 5) is 18.4. The Morgan fingerprint density at radius 2 is 2.04 bits per heavy atom. The zero-order valence-electron chi connectivity index (χ0n) is 15.1. The molecule has 1 aliphatic heterocycles. The molecular formula is C21H25FN2O2. The van der Waals surface area contributed by atoms with E-state index < -0.39 is 5.82 Å². The van der Waals surface area contributed by atoms with Gasteiger partial charge in [-0.05, 0) is 74.3 Å². The number of H-pyrrole nitrogens is 1. The number of phenolic OH excluding ortho intramolecular Hbond substituents is 1. The molecular weight excluding hydrogens is 331 g/mol. The first kappa shape index (κ1) is 17.1. The molecule has 1 atom stereocenters. The summed E-state index contributed by atoms with van der Waals surface area (Å²) < 4.78 is 13.6. The molecule has 4 rings (SSSR count). The number of nitrogens with zero attached hydrogens (tertiary/aromatic N) is 1. The maximum absolute atomic E-state index is 13.6. The van der Waals surface area contributed by atoms with Crippen LogP contribution in [0.4, 0.5) is 4.39 Å². The molecule has 2 N–H and O–H groups in total. The van der Waals surface area contributed by atoms with Crippen molar-refractivity contribution in [3.63, 3.8) is 0 Å². The number of aryl methyl sites for hydroxylation is 1. The molecule has 1 aromatic carbocycles. The highest BCUT2D eigenvalue weighted by molar-refractivity contribution is 5.94. The molecule has 0 saturated carbocycles. The van der Waals surface area contributed by atoms with E-state index in [9.17, 15) is 14.3 Å². The van der Waals surface area contributed by atoms with Crippen molar-refractivity contribution in [2.24, 2.45) is 0 Å². The number of carbonyl (C=O) groups is 1. The fourth-order valence-corrected chi connectivity index (χ4v) is 4.49. The monoisotopic (exact) mass is 356 g/mol. The number of hydrogen-bond donors (Lipinski definition) is 2. The maximum atomic E-state index is 13.6. The Hall–Kier alpha value is -2.30. The van der Waals surface area contributed by atoms with Crippen LogP contribution in [0.2, 0.25) is 0 Å². The molecule has 1 unspecified atom stereocenters. The number of amides is 1. The summed E-state index contributed by atoms with van der Waals surface area (Å²) >= 11 is 0. The Kier molecular flexibility index (Phi) is 4.47. The van der Waals surface area contributed by atoms with Crippen molar-refractivity contribution in [2.75, 3.05) is 13.1 Å². The molecule has 0 bridgehead atoms. The van der Waals surface area contributed by atoms with Crippen LogP contribution in [0.1, 0.15) is 64.5 Å². The van der Waals surface area contributed by atoms with E-state index in [1.54, 1.807) is 6.07 Å². The fourth-order valence-electron chi connectivity index (χ4n) is 4.49. The van der Waals surface area contributed by atoms with Gasteiger partial charge in [0.25, 0.3) is 5.91 Å². The molecule has 2 heterocycles. The van der Waals surface area contributed by atoms with Gasteiger partial charge in [0.05, 0.1) is 0 Å². The van der Waals surface area contributed by atoms with Gasteiger partial charge < -0.3 is 15.0 Å². The summed E-state index contributed by atoms with van der Waals surface area (Å²) in [5.74, 6) is -0.394. The number of phenols is 1. The number of rotatable bonds is 2. The van der Waals surface area contributed by atoms with Crippen LogP contribution in [0, 0.1) is 12.7 Å². The number of likely N-dealkylation sites (tertiary alicyclic amines) is 1. The number of aromatic amines is 1. The highest BCUT2D eigenvalue weighted by atomic mass is 19.1. The lowest BCUT2D eigenvalue weighted by Crippen LogP contribution is -2.39. The Morgan fingerprint density at radius 3 is 2.81 bits per heavy atom. The summed E-state index contributed by atoms with van der Waals surface area (Å²) in [5, 5.41) is 9.68. The van der Waals surface area contributed by atoms with Gasteiger partial charge in [-0.2, -0.15) is 0 Å².